The molecule has 0 saturated heterocycles. The molecule has 2 N–H and O–H groups in total. The van der Waals surface area contributed by atoms with Crippen LogP contribution in [-0.2, 0) is 25.7 Å². The number of hydrogen-bond acceptors (Lipinski definition) is 6. The monoisotopic (exact) mass is 564 g/mol. The van der Waals surface area contributed by atoms with Crippen molar-refractivity contribution in [2.45, 2.75) is 52.4 Å². The summed E-state index contributed by atoms with van der Waals surface area (Å²) in [6.07, 6.45) is 2.05. The van der Waals surface area contributed by atoms with E-state index in [1.54, 1.807) is 38.5 Å². The van der Waals surface area contributed by atoms with E-state index in [-0.39, 0.29) is 23.1 Å². The van der Waals surface area contributed by atoms with Gasteiger partial charge in [-0.15, -0.1) is 0 Å². The first-order chi connectivity index (χ1) is 20.3. The summed E-state index contributed by atoms with van der Waals surface area (Å²) in [6, 6.07) is 18.7. The van der Waals surface area contributed by atoms with E-state index in [2.05, 4.69) is 0 Å². The lowest BCUT2D eigenvalue weighted by Gasteiger charge is -2.20. The van der Waals surface area contributed by atoms with Crippen LogP contribution in [0.25, 0.3) is 0 Å². The van der Waals surface area contributed by atoms with Gasteiger partial charge in [-0.05, 0) is 68.8 Å². The van der Waals surface area contributed by atoms with E-state index in [4.69, 9.17) is 9.47 Å². The predicted molar refractivity (Wildman–Crippen MR) is 163 cm³/mol. The topological polar surface area (TPSA) is 93.1 Å². The fourth-order valence-corrected chi connectivity index (χ4v) is 5.97. The summed E-state index contributed by atoms with van der Waals surface area (Å²) in [5.74, 6) is 1.55. The zero-order valence-corrected chi connectivity index (χ0v) is 24.5. The highest BCUT2D eigenvalue weighted by molar-refractivity contribution is 5.97. The molecule has 6 heteroatoms. The third kappa shape index (κ3) is 5.49. The summed E-state index contributed by atoms with van der Waals surface area (Å²) in [4.78, 5) is 25.7. The van der Waals surface area contributed by atoms with Crippen molar-refractivity contribution >= 4 is 11.6 Å². The van der Waals surface area contributed by atoms with Gasteiger partial charge in [-0.3, -0.25) is 9.59 Å². The molecule has 4 aromatic rings. The van der Waals surface area contributed by atoms with Crippen LogP contribution in [0.5, 0.6) is 23.0 Å². The van der Waals surface area contributed by atoms with Gasteiger partial charge in [-0.2, -0.15) is 0 Å². The Morgan fingerprint density at radius 1 is 0.571 bits per heavy atom. The summed E-state index contributed by atoms with van der Waals surface area (Å²) in [5.41, 5.74) is 6.97. The molecule has 0 radical (unpaired) electrons. The molecule has 0 spiro atoms. The summed E-state index contributed by atoms with van der Waals surface area (Å²) >= 11 is 0. The van der Waals surface area contributed by atoms with Gasteiger partial charge in [0.25, 0.3) is 0 Å². The Bertz CT molecular complexity index is 1470. The number of carbonyl (C=O) groups is 2. The third-order valence-electron chi connectivity index (χ3n) is 8.11. The average molecular weight is 565 g/mol. The molecule has 5 rings (SSSR count). The van der Waals surface area contributed by atoms with Gasteiger partial charge in [-0.1, -0.05) is 50.2 Å². The van der Waals surface area contributed by atoms with Gasteiger partial charge in [0.05, 0.1) is 14.2 Å². The molecule has 4 aromatic carbocycles. The summed E-state index contributed by atoms with van der Waals surface area (Å²) in [6.45, 7) is 3.66. The van der Waals surface area contributed by atoms with Crippen LogP contribution in [0.4, 0.5) is 0 Å². The molecule has 42 heavy (non-hydrogen) atoms. The number of phenolic OH excluding ortho intramolecular Hbond substituents is 2. The minimum absolute atomic E-state index is 0.000252. The number of Topliss-reactive ketones (excluding diaryl/α,β-unsaturated/α-hetero) is 2. The van der Waals surface area contributed by atoms with Gasteiger partial charge in [0.15, 0.2) is 11.6 Å². The van der Waals surface area contributed by atoms with E-state index in [9.17, 15) is 19.8 Å². The van der Waals surface area contributed by atoms with Crippen molar-refractivity contribution in [2.24, 2.45) is 0 Å². The highest BCUT2D eigenvalue weighted by Crippen LogP contribution is 2.39. The number of ketones is 2. The number of aromatic hydroxyl groups is 2. The molecular weight excluding hydrogens is 528 g/mol. The molecule has 216 valence electrons. The van der Waals surface area contributed by atoms with Gasteiger partial charge in [-0.25, -0.2) is 0 Å². The minimum Gasteiger partial charge on any atom is -0.507 e. The molecule has 0 aromatic heterocycles. The zero-order chi connectivity index (χ0) is 30.0. The molecule has 6 nitrogen and oxygen atoms in total. The smallest absolute Gasteiger partial charge is 0.162 e. The van der Waals surface area contributed by atoms with E-state index in [0.717, 1.165) is 22.3 Å². The van der Waals surface area contributed by atoms with E-state index in [0.29, 0.717) is 83.4 Å². The van der Waals surface area contributed by atoms with E-state index in [1.165, 1.54) is 0 Å². The lowest BCUT2D eigenvalue weighted by Crippen LogP contribution is -2.07. The number of fused-ring (bicyclic) bond motifs is 8. The van der Waals surface area contributed by atoms with Crippen molar-refractivity contribution in [3.8, 4) is 23.0 Å². The van der Waals surface area contributed by atoms with Crippen LogP contribution in [-0.4, -0.2) is 36.0 Å². The Hall–Kier alpha value is -4.58. The molecular formula is C36H36O6. The predicted octanol–water partition coefficient (Wildman–Crippen LogP) is 6.98. The molecule has 0 aliphatic heterocycles. The third-order valence-corrected chi connectivity index (χ3v) is 8.11. The molecule has 0 fully saturated rings. The van der Waals surface area contributed by atoms with Crippen LogP contribution in [0, 0.1) is 0 Å². The van der Waals surface area contributed by atoms with E-state index < -0.39 is 0 Å². The Labute approximate surface area is 246 Å². The van der Waals surface area contributed by atoms with Gasteiger partial charge in [0, 0.05) is 49.7 Å². The van der Waals surface area contributed by atoms with Crippen LogP contribution in [0.15, 0.2) is 60.7 Å². The van der Waals surface area contributed by atoms with Crippen molar-refractivity contribution in [2.75, 3.05) is 14.2 Å². The molecule has 0 amide bonds. The van der Waals surface area contributed by atoms with Crippen molar-refractivity contribution in [1.82, 2.24) is 0 Å². The van der Waals surface area contributed by atoms with Crippen molar-refractivity contribution < 1.29 is 29.3 Å². The second-order valence-corrected chi connectivity index (χ2v) is 10.8. The lowest BCUT2D eigenvalue weighted by atomic mass is 9.89. The largest absolute Gasteiger partial charge is 0.507 e. The van der Waals surface area contributed by atoms with Crippen molar-refractivity contribution in [1.29, 1.82) is 0 Å². The Kier molecular flexibility index (Phi) is 8.34. The van der Waals surface area contributed by atoms with Gasteiger partial charge in [0.1, 0.15) is 23.0 Å². The molecule has 0 saturated carbocycles. The molecule has 0 unspecified atom stereocenters. The summed E-state index contributed by atoms with van der Waals surface area (Å²) in [7, 11) is 3.20. The average Bonchev–Trinajstić information content (AvgIpc) is 2.99. The number of para-hydroxylation sites is 2. The van der Waals surface area contributed by atoms with Crippen molar-refractivity contribution in [3.05, 3.63) is 116 Å². The highest BCUT2D eigenvalue weighted by atomic mass is 16.5. The number of methoxy groups -OCH3 is 2. The summed E-state index contributed by atoms with van der Waals surface area (Å²) in [5, 5.41) is 23.0. The number of ether oxygens (including phenoxy) is 2. The number of carbonyl (C=O) groups excluding carboxylic acids is 2. The van der Waals surface area contributed by atoms with Gasteiger partial charge in [0.2, 0.25) is 0 Å². The Morgan fingerprint density at radius 2 is 0.857 bits per heavy atom. The molecule has 1 aliphatic rings. The van der Waals surface area contributed by atoms with Crippen LogP contribution in [0.1, 0.15) is 91.9 Å². The van der Waals surface area contributed by atoms with Crippen LogP contribution in [0.2, 0.25) is 0 Å². The SMILES string of the molecule is CCC(=O)c1cc2c(O)c(c1)Cc1cccc(c1OC)Cc1cc(C(=O)CC)cc(c1O)Cc1cccc(c1OC)C2. The maximum Gasteiger partial charge on any atom is 0.162 e. The Balaban J connectivity index is 1.80. The fraction of sp³-hybridized carbons (Fsp3) is 0.278. The number of benzene rings is 4. The lowest BCUT2D eigenvalue weighted by molar-refractivity contribution is 0.0980. The zero-order valence-electron chi connectivity index (χ0n) is 24.5. The first kappa shape index (κ1) is 28.9. The number of phenols is 2. The van der Waals surface area contributed by atoms with E-state index in [1.807, 2.05) is 50.2 Å². The highest BCUT2D eigenvalue weighted by Gasteiger charge is 2.22. The van der Waals surface area contributed by atoms with E-state index >= 15 is 0 Å². The molecule has 8 bridgehead atoms. The molecule has 1 aliphatic carbocycles. The van der Waals surface area contributed by atoms with Crippen molar-refractivity contribution in [3.63, 3.8) is 0 Å². The minimum atomic E-state index is -0.000252. The molecule has 0 heterocycles. The second-order valence-electron chi connectivity index (χ2n) is 10.8. The number of hydrogen-bond donors (Lipinski definition) is 2. The van der Waals surface area contributed by atoms with Crippen LogP contribution < -0.4 is 9.47 Å². The normalized spacial score (nSPS) is 12.5. The van der Waals surface area contributed by atoms with Gasteiger partial charge >= 0.3 is 0 Å². The first-order valence-electron chi connectivity index (χ1n) is 14.3. The number of rotatable bonds is 6. The molecule has 0 atom stereocenters. The fourth-order valence-electron chi connectivity index (χ4n) is 5.97. The van der Waals surface area contributed by atoms with Crippen LogP contribution >= 0.6 is 0 Å². The van der Waals surface area contributed by atoms with Gasteiger partial charge < -0.3 is 19.7 Å². The first-order valence-corrected chi connectivity index (χ1v) is 14.3. The quantitative estimate of drug-likeness (QED) is 0.216. The standard InChI is InChI=1S/C36H36O6/c1-5-31(37)25-17-27-13-21-9-7-11-23(35(21)41-3)15-29-19-26(32(38)6-2)20-30(34(29)40)16-24-12-8-10-22(36(24)42-4)14-28(18-25)33(27)39/h7-12,17-20,39-40H,5-6,13-16H2,1-4H3. The Morgan fingerprint density at radius 3 is 1.10 bits per heavy atom. The van der Waals surface area contributed by atoms with Crippen LogP contribution in [0.3, 0.4) is 0 Å². The summed E-state index contributed by atoms with van der Waals surface area (Å²) < 4.78 is 11.8. The second kappa shape index (κ2) is 12.1. The maximum absolute atomic E-state index is 12.9. The maximum atomic E-state index is 12.9.